The molecule has 0 bridgehead atoms. The van der Waals surface area contributed by atoms with Gasteiger partial charge in [-0.2, -0.15) is 0 Å². The maximum atomic E-state index is 12.8. The van der Waals surface area contributed by atoms with E-state index in [-0.39, 0.29) is 24.2 Å². The van der Waals surface area contributed by atoms with Crippen molar-refractivity contribution in [1.82, 2.24) is 9.80 Å². The molecule has 0 spiro atoms. The van der Waals surface area contributed by atoms with E-state index in [1.165, 1.54) is 0 Å². The molecule has 30 heavy (non-hydrogen) atoms. The third-order valence-electron chi connectivity index (χ3n) is 5.36. The topological polar surface area (TPSA) is 75.9 Å². The maximum absolute atomic E-state index is 12.8. The van der Waals surface area contributed by atoms with E-state index in [4.69, 9.17) is 10.5 Å². The van der Waals surface area contributed by atoms with Gasteiger partial charge in [0.2, 0.25) is 5.91 Å². The van der Waals surface area contributed by atoms with Crippen LogP contribution in [-0.2, 0) is 17.8 Å². The van der Waals surface area contributed by atoms with Crippen LogP contribution < -0.4 is 10.5 Å². The standard InChI is InChI=1S/C23H29N3O3.ClH/c1-29-21-10-5-18(6-11-21)7-12-22(27)25-13-2-14-26(16-15-25)23(28)20-8-3-19(17-24)4-9-20;/h3-6,8-11H,2,7,12-17,24H2,1H3;1H. The van der Waals surface area contributed by atoms with Gasteiger partial charge < -0.3 is 20.3 Å². The van der Waals surface area contributed by atoms with Crippen molar-refractivity contribution < 1.29 is 14.3 Å². The number of ether oxygens (including phenoxy) is 1. The first kappa shape index (κ1) is 23.7. The molecule has 0 unspecified atom stereocenters. The van der Waals surface area contributed by atoms with Crippen LogP contribution >= 0.6 is 12.4 Å². The van der Waals surface area contributed by atoms with Crippen LogP contribution in [0.25, 0.3) is 0 Å². The summed E-state index contributed by atoms with van der Waals surface area (Å²) in [5.41, 5.74) is 8.41. The van der Waals surface area contributed by atoms with Gasteiger partial charge in [0.15, 0.2) is 0 Å². The first-order valence-corrected chi connectivity index (χ1v) is 10.1. The van der Waals surface area contributed by atoms with Crippen molar-refractivity contribution in [1.29, 1.82) is 0 Å². The third-order valence-corrected chi connectivity index (χ3v) is 5.36. The Labute approximate surface area is 184 Å². The number of halogens is 1. The van der Waals surface area contributed by atoms with Crippen LogP contribution in [-0.4, -0.2) is 54.9 Å². The molecule has 6 nitrogen and oxygen atoms in total. The third kappa shape index (κ3) is 6.21. The van der Waals surface area contributed by atoms with Crippen LogP contribution in [0.2, 0.25) is 0 Å². The highest BCUT2D eigenvalue weighted by Crippen LogP contribution is 2.15. The highest BCUT2D eigenvalue weighted by Gasteiger charge is 2.22. The van der Waals surface area contributed by atoms with E-state index in [0.29, 0.717) is 51.1 Å². The van der Waals surface area contributed by atoms with E-state index in [0.717, 1.165) is 23.3 Å². The molecule has 0 aromatic heterocycles. The second-order valence-electron chi connectivity index (χ2n) is 7.28. The highest BCUT2D eigenvalue weighted by molar-refractivity contribution is 5.94. The molecule has 0 saturated carbocycles. The summed E-state index contributed by atoms with van der Waals surface area (Å²) in [4.78, 5) is 29.1. The zero-order valence-corrected chi connectivity index (χ0v) is 18.2. The second-order valence-corrected chi connectivity index (χ2v) is 7.28. The van der Waals surface area contributed by atoms with E-state index >= 15 is 0 Å². The second kappa shape index (κ2) is 11.6. The predicted octanol–water partition coefficient (Wildman–Crippen LogP) is 2.88. The lowest BCUT2D eigenvalue weighted by Gasteiger charge is -2.22. The summed E-state index contributed by atoms with van der Waals surface area (Å²) >= 11 is 0. The number of benzene rings is 2. The summed E-state index contributed by atoms with van der Waals surface area (Å²) < 4.78 is 5.16. The Kier molecular flexibility index (Phi) is 9.15. The van der Waals surface area contributed by atoms with E-state index in [9.17, 15) is 9.59 Å². The molecule has 1 heterocycles. The molecule has 3 rings (SSSR count). The summed E-state index contributed by atoms with van der Waals surface area (Å²) in [6, 6.07) is 15.2. The van der Waals surface area contributed by atoms with Gasteiger partial charge in [-0.05, 0) is 48.2 Å². The van der Waals surface area contributed by atoms with Crippen LogP contribution in [0.15, 0.2) is 48.5 Å². The molecule has 1 aliphatic rings. The lowest BCUT2D eigenvalue weighted by molar-refractivity contribution is -0.131. The molecule has 162 valence electrons. The zero-order chi connectivity index (χ0) is 20.6. The predicted molar refractivity (Wildman–Crippen MR) is 120 cm³/mol. The number of carbonyl (C=O) groups excluding carboxylic acids is 2. The smallest absolute Gasteiger partial charge is 0.253 e. The Morgan fingerprint density at radius 3 is 2.13 bits per heavy atom. The summed E-state index contributed by atoms with van der Waals surface area (Å²) in [5.74, 6) is 0.971. The molecule has 1 aliphatic heterocycles. The van der Waals surface area contributed by atoms with Crippen molar-refractivity contribution in [3.05, 3.63) is 65.2 Å². The van der Waals surface area contributed by atoms with Gasteiger partial charge in [-0.1, -0.05) is 24.3 Å². The molecule has 0 atom stereocenters. The van der Waals surface area contributed by atoms with E-state index in [1.54, 1.807) is 7.11 Å². The normalized spacial score (nSPS) is 13.9. The summed E-state index contributed by atoms with van der Waals surface area (Å²) in [6.07, 6.45) is 1.97. The summed E-state index contributed by atoms with van der Waals surface area (Å²) in [5, 5.41) is 0. The Morgan fingerprint density at radius 1 is 0.900 bits per heavy atom. The van der Waals surface area contributed by atoms with Gasteiger partial charge in [-0.25, -0.2) is 0 Å². The number of hydrogen-bond donors (Lipinski definition) is 1. The summed E-state index contributed by atoms with van der Waals surface area (Å²) in [7, 11) is 1.64. The highest BCUT2D eigenvalue weighted by atomic mass is 35.5. The van der Waals surface area contributed by atoms with Gasteiger partial charge in [0.05, 0.1) is 7.11 Å². The van der Waals surface area contributed by atoms with Crippen molar-refractivity contribution >= 4 is 24.2 Å². The van der Waals surface area contributed by atoms with Gasteiger partial charge in [0.1, 0.15) is 5.75 Å². The minimum atomic E-state index is 0. The van der Waals surface area contributed by atoms with Gasteiger partial charge in [0, 0.05) is 44.7 Å². The van der Waals surface area contributed by atoms with Crippen LogP contribution in [0.1, 0.15) is 34.3 Å². The minimum absolute atomic E-state index is 0. The van der Waals surface area contributed by atoms with Crippen molar-refractivity contribution in [3.63, 3.8) is 0 Å². The quantitative estimate of drug-likeness (QED) is 0.763. The monoisotopic (exact) mass is 431 g/mol. The molecule has 1 fully saturated rings. The van der Waals surface area contributed by atoms with Crippen molar-refractivity contribution in [2.24, 2.45) is 5.73 Å². The number of aryl methyl sites for hydroxylation is 1. The number of amides is 2. The van der Waals surface area contributed by atoms with Crippen LogP contribution in [0.4, 0.5) is 0 Å². The fourth-order valence-corrected chi connectivity index (χ4v) is 3.54. The summed E-state index contributed by atoms with van der Waals surface area (Å²) in [6.45, 7) is 2.96. The van der Waals surface area contributed by atoms with Crippen molar-refractivity contribution in [2.75, 3.05) is 33.3 Å². The molecule has 7 heteroatoms. The fraction of sp³-hybridized carbons (Fsp3) is 0.391. The van der Waals surface area contributed by atoms with E-state index in [2.05, 4.69) is 0 Å². The Balaban J connectivity index is 0.00000320. The molecule has 1 saturated heterocycles. The fourth-order valence-electron chi connectivity index (χ4n) is 3.54. The Hall–Kier alpha value is -2.57. The number of nitrogens with zero attached hydrogens (tertiary/aromatic N) is 2. The number of hydrogen-bond acceptors (Lipinski definition) is 4. The lowest BCUT2D eigenvalue weighted by Crippen LogP contribution is -2.37. The van der Waals surface area contributed by atoms with Crippen molar-refractivity contribution in [2.45, 2.75) is 25.8 Å². The van der Waals surface area contributed by atoms with E-state index < -0.39 is 0 Å². The zero-order valence-electron chi connectivity index (χ0n) is 17.4. The molecule has 2 aromatic rings. The largest absolute Gasteiger partial charge is 0.497 e. The Bertz CT molecular complexity index is 825. The van der Waals surface area contributed by atoms with Gasteiger partial charge in [-0.3, -0.25) is 9.59 Å². The average molecular weight is 432 g/mol. The maximum Gasteiger partial charge on any atom is 0.253 e. The Morgan fingerprint density at radius 2 is 1.50 bits per heavy atom. The molecule has 0 radical (unpaired) electrons. The van der Waals surface area contributed by atoms with E-state index in [1.807, 2.05) is 58.3 Å². The minimum Gasteiger partial charge on any atom is -0.497 e. The van der Waals surface area contributed by atoms with Crippen LogP contribution in [0.3, 0.4) is 0 Å². The first-order chi connectivity index (χ1) is 14.1. The molecular weight excluding hydrogens is 402 g/mol. The van der Waals surface area contributed by atoms with Gasteiger partial charge >= 0.3 is 0 Å². The molecule has 2 amide bonds. The van der Waals surface area contributed by atoms with Gasteiger partial charge in [0.25, 0.3) is 5.91 Å². The van der Waals surface area contributed by atoms with Gasteiger partial charge in [-0.15, -0.1) is 12.4 Å². The number of rotatable bonds is 6. The number of carbonyl (C=O) groups is 2. The number of nitrogens with two attached hydrogens (primary N) is 1. The van der Waals surface area contributed by atoms with Crippen LogP contribution in [0, 0.1) is 0 Å². The lowest BCUT2D eigenvalue weighted by atomic mass is 10.1. The van der Waals surface area contributed by atoms with Crippen molar-refractivity contribution in [3.8, 4) is 5.75 Å². The molecular formula is C23H30ClN3O3. The molecule has 2 N–H and O–H groups in total. The SMILES string of the molecule is COc1ccc(CCC(=O)N2CCCN(C(=O)c3ccc(CN)cc3)CC2)cc1.Cl. The van der Waals surface area contributed by atoms with Crippen LogP contribution in [0.5, 0.6) is 5.75 Å². The number of methoxy groups -OCH3 is 1. The first-order valence-electron chi connectivity index (χ1n) is 10.1. The molecule has 0 aliphatic carbocycles. The molecule has 2 aromatic carbocycles. The average Bonchev–Trinajstić information content (AvgIpc) is 3.04.